The molecule has 1 aromatic rings. The van der Waals surface area contributed by atoms with Crippen LogP contribution in [0.15, 0.2) is 22.7 Å². The average Bonchev–Trinajstić information content (AvgIpc) is 2.39. The Bertz CT molecular complexity index is 447. The molecule has 0 aliphatic heterocycles. The van der Waals surface area contributed by atoms with Gasteiger partial charge in [0.25, 0.3) is 0 Å². The lowest BCUT2D eigenvalue weighted by molar-refractivity contribution is -0.121. The Morgan fingerprint density at radius 1 is 1.48 bits per heavy atom. The number of nitrogens with one attached hydrogen (secondary N) is 2. The summed E-state index contributed by atoms with van der Waals surface area (Å²) in [4.78, 5) is 11.6. The van der Waals surface area contributed by atoms with Crippen molar-refractivity contribution >= 4 is 45.8 Å². The van der Waals surface area contributed by atoms with E-state index in [1.165, 1.54) is 0 Å². The zero-order chi connectivity index (χ0) is 15.0. The summed E-state index contributed by atoms with van der Waals surface area (Å²) in [6, 6.07) is 5.56. The van der Waals surface area contributed by atoms with Gasteiger partial charge < -0.3 is 15.4 Å². The summed E-state index contributed by atoms with van der Waals surface area (Å²) < 4.78 is 6.32. The lowest BCUT2D eigenvalue weighted by Crippen LogP contribution is -2.39. The lowest BCUT2D eigenvalue weighted by atomic mass is 10.3. The first-order valence-corrected chi connectivity index (χ1v) is 7.78. The van der Waals surface area contributed by atoms with Crippen molar-refractivity contribution in [1.82, 2.24) is 10.6 Å². The molecule has 1 atom stereocenters. The first-order chi connectivity index (χ1) is 9.52. The van der Waals surface area contributed by atoms with Crippen LogP contribution in [-0.2, 0) is 4.79 Å². The van der Waals surface area contributed by atoms with E-state index in [1.807, 2.05) is 13.8 Å². The van der Waals surface area contributed by atoms with Gasteiger partial charge in [0, 0.05) is 17.6 Å². The normalized spacial score (nSPS) is 11.4. The third-order valence-corrected chi connectivity index (χ3v) is 3.49. The van der Waals surface area contributed by atoms with Crippen molar-refractivity contribution in [2.45, 2.75) is 26.3 Å². The van der Waals surface area contributed by atoms with Crippen LogP contribution in [-0.4, -0.2) is 31.6 Å². The maximum Gasteiger partial charge on any atom is 0.223 e. The number of carbonyl (C=O) groups is 1. The molecule has 1 aromatic carbocycles. The first kappa shape index (κ1) is 20.5. The highest BCUT2D eigenvalue weighted by Gasteiger charge is 2.06. The highest BCUT2D eigenvalue weighted by molar-refractivity contribution is 9.10. The predicted octanol–water partition coefficient (Wildman–Crippen LogP) is 3.41. The summed E-state index contributed by atoms with van der Waals surface area (Å²) >= 11 is 9.21. The van der Waals surface area contributed by atoms with Crippen LogP contribution in [0.2, 0.25) is 5.02 Å². The van der Waals surface area contributed by atoms with Gasteiger partial charge in [-0.05, 0) is 47.6 Å². The summed E-state index contributed by atoms with van der Waals surface area (Å²) in [6.07, 6.45) is 0.327. The van der Waals surface area contributed by atoms with Gasteiger partial charge in [0.1, 0.15) is 5.75 Å². The van der Waals surface area contributed by atoms with Gasteiger partial charge in [0.15, 0.2) is 0 Å². The Morgan fingerprint density at radius 3 is 2.81 bits per heavy atom. The van der Waals surface area contributed by atoms with Gasteiger partial charge in [0.2, 0.25) is 5.91 Å². The molecule has 0 aromatic heterocycles. The summed E-state index contributed by atoms with van der Waals surface area (Å²) in [5, 5.41) is 6.73. The van der Waals surface area contributed by atoms with Crippen molar-refractivity contribution in [3.05, 3.63) is 27.7 Å². The van der Waals surface area contributed by atoms with Crippen LogP contribution in [0.1, 0.15) is 20.3 Å². The molecule has 0 aliphatic carbocycles. The van der Waals surface area contributed by atoms with Crippen molar-refractivity contribution in [1.29, 1.82) is 0 Å². The summed E-state index contributed by atoms with van der Waals surface area (Å²) in [5.41, 5.74) is 0. The highest BCUT2D eigenvalue weighted by atomic mass is 79.9. The fraction of sp³-hybridized carbons (Fsp3) is 0.500. The molecule has 0 bridgehead atoms. The first-order valence-electron chi connectivity index (χ1n) is 6.60. The molecule has 1 amide bonds. The summed E-state index contributed by atoms with van der Waals surface area (Å²) in [6.45, 7) is 5.92. The van der Waals surface area contributed by atoms with E-state index in [4.69, 9.17) is 16.3 Å². The maximum absolute atomic E-state index is 11.6. The second-order valence-corrected chi connectivity index (χ2v) is 5.73. The molecule has 4 nitrogen and oxygen atoms in total. The molecule has 1 rings (SSSR count). The van der Waals surface area contributed by atoms with Gasteiger partial charge in [-0.1, -0.05) is 18.5 Å². The van der Waals surface area contributed by atoms with Gasteiger partial charge in [-0.3, -0.25) is 4.79 Å². The Balaban J connectivity index is 0.00000400. The smallest absolute Gasteiger partial charge is 0.223 e. The zero-order valence-corrected chi connectivity index (χ0v) is 15.3. The number of likely N-dealkylation sites (N-methyl/N-ethyl adjacent to an activating group) is 1. The SMILES string of the molecule is CCN[C@H](C)CNC(=O)CCOc1ccc(Cl)cc1Br.Cl. The van der Waals surface area contributed by atoms with Gasteiger partial charge in [0.05, 0.1) is 17.5 Å². The van der Waals surface area contributed by atoms with Crippen molar-refractivity contribution in [2.24, 2.45) is 0 Å². The molecule has 0 unspecified atom stereocenters. The Kier molecular flexibility index (Phi) is 10.9. The number of amides is 1. The van der Waals surface area contributed by atoms with Crippen molar-refractivity contribution < 1.29 is 9.53 Å². The fourth-order valence-corrected chi connectivity index (χ4v) is 2.42. The van der Waals surface area contributed by atoms with Crippen LogP contribution < -0.4 is 15.4 Å². The molecule has 7 heteroatoms. The van der Waals surface area contributed by atoms with Crippen LogP contribution in [0.5, 0.6) is 5.75 Å². The molecular formula is C14H21BrCl2N2O2. The fourth-order valence-electron chi connectivity index (χ4n) is 1.62. The second kappa shape index (κ2) is 11.1. The quantitative estimate of drug-likeness (QED) is 0.704. The van der Waals surface area contributed by atoms with E-state index in [0.29, 0.717) is 30.3 Å². The second-order valence-electron chi connectivity index (χ2n) is 4.44. The molecule has 0 saturated carbocycles. The van der Waals surface area contributed by atoms with Crippen molar-refractivity contribution in [3.63, 3.8) is 0 Å². The number of carbonyl (C=O) groups excluding carboxylic acids is 1. The predicted molar refractivity (Wildman–Crippen MR) is 92.7 cm³/mol. The lowest BCUT2D eigenvalue weighted by Gasteiger charge is -2.13. The topological polar surface area (TPSA) is 50.4 Å². The Hall–Kier alpha value is -0.490. The summed E-state index contributed by atoms with van der Waals surface area (Å²) in [5.74, 6) is 0.669. The number of rotatable bonds is 8. The van der Waals surface area contributed by atoms with E-state index in [2.05, 4.69) is 26.6 Å². The van der Waals surface area contributed by atoms with E-state index < -0.39 is 0 Å². The van der Waals surface area contributed by atoms with E-state index in [9.17, 15) is 4.79 Å². The third kappa shape index (κ3) is 8.51. The van der Waals surface area contributed by atoms with E-state index in [-0.39, 0.29) is 24.4 Å². The zero-order valence-electron chi connectivity index (χ0n) is 12.1. The molecule has 0 aliphatic rings. The monoisotopic (exact) mass is 398 g/mol. The molecule has 0 radical (unpaired) electrons. The van der Waals surface area contributed by atoms with Gasteiger partial charge in [-0.25, -0.2) is 0 Å². The van der Waals surface area contributed by atoms with Gasteiger partial charge >= 0.3 is 0 Å². The van der Waals surface area contributed by atoms with Gasteiger partial charge in [-0.15, -0.1) is 12.4 Å². The number of benzene rings is 1. The standard InChI is InChI=1S/C14H20BrClN2O2.ClH/c1-3-17-10(2)9-18-14(19)6-7-20-13-5-4-11(16)8-12(13)15;/h4-5,8,10,17H,3,6-7,9H2,1-2H3,(H,18,19);1H/t10-;/m1./s1. The van der Waals surface area contributed by atoms with Crippen LogP contribution in [0.25, 0.3) is 0 Å². The van der Waals surface area contributed by atoms with Crippen molar-refractivity contribution in [3.8, 4) is 5.75 Å². The summed E-state index contributed by atoms with van der Waals surface area (Å²) in [7, 11) is 0. The minimum Gasteiger partial charge on any atom is -0.492 e. The third-order valence-electron chi connectivity index (χ3n) is 2.64. The molecule has 120 valence electrons. The molecule has 0 heterocycles. The molecule has 2 N–H and O–H groups in total. The highest BCUT2D eigenvalue weighted by Crippen LogP contribution is 2.27. The van der Waals surface area contributed by atoms with E-state index in [0.717, 1.165) is 11.0 Å². The van der Waals surface area contributed by atoms with E-state index in [1.54, 1.807) is 18.2 Å². The minimum atomic E-state index is -0.0140. The van der Waals surface area contributed by atoms with Crippen LogP contribution in [0.4, 0.5) is 0 Å². The Morgan fingerprint density at radius 2 is 2.19 bits per heavy atom. The largest absolute Gasteiger partial charge is 0.492 e. The minimum absolute atomic E-state index is 0. The number of ether oxygens (including phenoxy) is 1. The number of hydrogen-bond donors (Lipinski definition) is 2. The van der Waals surface area contributed by atoms with Crippen LogP contribution >= 0.6 is 39.9 Å². The Labute approximate surface area is 145 Å². The molecule has 0 spiro atoms. The van der Waals surface area contributed by atoms with E-state index >= 15 is 0 Å². The van der Waals surface area contributed by atoms with Crippen molar-refractivity contribution in [2.75, 3.05) is 19.7 Å². The molecule has 21 heavy (non-hydrogen) atoms. The van der Waals surface area contributed by atoms with Crippen LogP contribution in [0.3, 0.4) is 0 Å². The molecule has 0 fully saturated rings. The molecular weight excluding hydrogens is 379 g/mol. The number of hydrogen-bond acceptors (Lipinski definition) is 3. The maximum atomic E-state index is 11.6. The average molecular weight is 400 g/mol. The molecule has 0 saturated heterocycles. The van der Waals surface area contributed by atoms with Gasteiger partial charge in [-0.2, -0.15) is 0 Å². The number of halogens is 3. The van der Waals surface area contributed by atoms with Crippen LogP contribution in [0, 0.1) is 0 Å².